The minimum Gasteiger partial charge on any atom is -0.465 e. The molecular formula is C29H31FN4O5. The zero-order chi connectivity index (χ0) is 27.5. The minimum absolute atomic E-state index is 0.00411. The van der Waals surface area contributed by atoms with E-state index in [9.17, 15) is 28.7 Å². The lowest BCUT2D eigenvalue weighted by Gasteiger charge is -2.25. The van der Waals surface area contributed by atoms with Gasteiger partial charge in [-0.25, -0.2) is 9.18 Å². The Morgan fingerprint density at radius 3 is 2.38 bits per heavy atom. The number of hydrogen-bond acceptors (Lipinski definition) is 4. The predicted octanol–water partition coefficient (Wildman–Crippen LogP) is 1.77. The average molecular weight is 535 g/mol. The molecule has 4 amide bonds. The summed E-state index contributed by atoms with van der Waals surface area (Å²) < 4.78 is 13.8. The van der Waals surface area contributed by atoms with E-state index in [4.69, 9.17) is 0 Å². The van der Waals surface area contributed by atoms with Gasteiger partial charge < -0.3 is 20.6 Å². The second kappa shape index (κ2) is 11.4. The molecule has 0 bridgehead atoms. The molecule has 2 saturated heterocycles. The summed E-state index contributed by atoms with van der Waals surface area (Å²) in [6.45, 7) is 0.137. The van der Waals surface area contributed by atoms with E-state index < -0.39 is 30.3 Å². The molecule has 4 atom stereocenters. The zero-order valence-electron chi connectivity index (χ0n) is 21.5. The number of alkyl halides is 1. The Labute approximate surface area is 226 Å². The van der Waals surface area contributed by atoms with Crippen LogP contribution in [0.1, 0.15) is 54.4 Å². The Morgan fingerprint density at radius 2 is 1.72 bits per heavy atom. The van der Waals surface area contributed by atoms with Gasteiger partial charge in [-0.2, -0.15) is 0 Å². The number of rotatable bonds is 6. The van der Waals surface area contributed by atoms with E-state index in [1.807, 2.05) is 0 Å². The van der Waals surface area contributed by atoms with Crippen LogP contribution in [-0.4, -0.2) is 82.7 Å². The maximum atomic E-state index is 13.8. The molecule has 0 spiro atoms. The second-order valence-corrected chi connectivity index (χ2v) is 10.7. The third-order valence-corrected chi connectivity index (χ3v) is 7.54. The number of halogens is 1. The van der Waals surface area contributed by atoms with Crippen LogP contribution in [0, 0.1) is 35.5 Å². The smallest absolute Gasteiger partial charge is 0.408 e. The standard InChI is InChI=1S/C29H31FN4O5/c30-22-13-25(34(16-22)29(38)39)27(36)32-23-14-24(33(17-23)28(37)21-11-12-21)15-31-26(35)20-9-7-19(8-10-20)4-2-1-3-18-5-6-18/h7-10,18,21-25H,5-6,11-17H2,(H,31,35)(H,32,36)(H,38,39)/t22-,23+,24+,25-/m0/s1. The van der Waals surface area contributed by atoms with Crippen LogP contribution < -0.4 is 10.6 Å². The monoisotopic (exact) mass is 534 g/mol. The van der Waals surface area contributed by atoms with Gasteiger partial charge in [0.05, 0.1) is 12.6 Å². The largest absolute Gasteiger partial charge is 0.465 e. The van der Waals surface area contributed by atoms with Crippen LogP contribution in [0.2, 0.25) is 0 Å². The Balaban J connectivity index is 1.17. The van der Waals surface area contributed by atoms with Crippen LogP contribution in [0.25, 0.3) is 0 Å². The number of likely N-dealkylation sites (tertiary alicyclic amines) is 2. The molecule has 5 rings (SSSR count). The second-order valence-electron chi connectivity index (χ2n) is 10.7. The van der Waals surface area contributed by atoms with Crippen LogP contribution in [-0.2, 0) is 9.59 Å². The Hall–Kier alpha value is -4.05. The van der Waals surface area contributed by atoms with Gasteiger partial charge >= 0.3 is 6.09 Å². The molecule has 3 N–H and O–H groups in total. The lowest BCUT2D eigenvalue weighted by atomic mass is 10.1. The lowest BCUT2D eigenvalue weighted by Crippen LogP contribution is -2.49. The van der Waals surface area contributed by atoms with Crippen LogP contribution in [0.15, 0.2) is 24.3 Å². The fourth-order valence-electron chi connectivity index (χ4n) is 5.08. The van der Waals surface area contributed by atoms with Crippen molar-refractivity contribution in [1.82, 2.24) is 20.4 Å². The third-order valence-electron chi connectivity index (χ3n) is 7.54. The summed E-state index contributed by atoms with van der Waals surface area (Å²) in [4.78, 5) is 52.5. The van der Waals surface area contributed by atoms with Crippen LogP contribution in [0.4, 0.5) is 9.18 Å². The van der Waals surface area contributed by atoms with Gasteiger partial charge in [-0.15, -0.1) is 0 Å². The first-order chi connectivity index (χ1) is 18.8. The maximum absolute atomic E-state index is 13.8. The summed E-state index contributed by atoms with van der Waals surface area (Å²) in [6.07, 6.45) is 1.42. The summed E-state index contributed by atoms with van der Waals surface area (Å²) >= 11 is 0. The predicted molar refractivity (Wildman–Crippen MR) is 139 cm³/mol. The van der Waals surface area contributed by atoms with E-state index in [0.29, 0.717) is 17.9 Å². The van der Waals surface area contributed by atoms with Crippen molar-refractivity contribution in [2.45, 2.75) is 62.8 Å². The van der Waals surface area contributed by atoms with Gasteiger partial charge in [0, 0.05) is 48.5 Å². The van der Waals surface area contributed by atoms with Gasteiger partial charge in [0.1, 0.15) is 12.2 Å². The molecule has 9 nitrogen and oxygen atoms in total. The van der Waals surface area contributed by atoms with Gasteiger partial charge in [0.2, 0.25) is 11.8 Å². The molecule has 204 valence electrons. The molecule has 4 aliphatic rings. The van der Waals surface area contributed by atoms with Crippen molar-refractivity contribution in [3.05, 3.63) is 35.4 Å². The molecule has 0 aromatic heterocycles. The highest BCUT2D eigenvalue weighted by Gasteiger charge is 2.44. The molecule has 2 aliphatic carbocycles. The van der Waals surface area contributed by atoms with Gasteiger partial charge in [-0.1, -0.05) is 11.8 Å². The highest BCUT2D eigenvalue weighted by atomic mass is 19.1. The normalized spacial score (nSPS) is 25.7. The number of nitrogens with one attached hydrogen (secondary N) is 2. The molecule has 1 aromatic rings. The number of amides is 4. The van der Waals surface area contributed by atoms with E-state index >= 15 is 0 Å². The first-order valence-corrected chi connectivity index (χ1v) is 13.4. The number of benzene rings is 1. The summed E-state index contributed by atoms with van der Waals surface area (Å²) in [6, 6.07) is 5.06. The molecular weight excluding hydrogens is 503 g/mol. The highest BCUT2D eigenvalue weighted by molar-refractivity contribution is 5.94. The molecule has 4 fully saturated rings. The molecule has 2 aliphatic heterocycles. The fourth-order valence-corrected chi connectivity index (χ4v) is 5.08. The lowest BCUT2D eigenvalue weighted by molar-refractivity contribution is -0.133. The molecule has 2 heterocycles. The Morgan fingerprint density at radius 1 is 0.974 bits per heavy atom. The van der Waals surface area contributed by atoms with Crippen molar-refractivity contribution in [3.8, 4) is 23.7 Å². The van der Waals surface area contributed by atoms with Crippen molar-refractivity contribution in [2.75, 3.05) is 19.6 Å². The fraction of sp³-hybridized carbons (Fsp3) is 0.517. The van der Waals surface area contributed by atoms with Crippen LogP contribution in [0.5, 0.6) is 0 Å². The number of carbonyl (C=O) groups is 4. The van der Waals surface area contributed by atoms with Crippen molar-refractivity contribution in [3.63, 3.8) is 0 Å². The average Bonchev–Trinajstić information content (AvgIpc) is 3.85. The van der Waals surface area contributed by atoms with Crippen LogP contribution in [0.3, 0.4) is 0 Å². The Bertz CT molecular complexity index is 1270. The van der Waals surface area contributed by atoms with E-state index in [1.54, 1.807) is 29.2 Å². The van der Waals surface area contributed by atoms with Gasteiger partial charge in [-0.3, -0.25) is 19.3 Å². The van der Waals surface area contributed by atoms with E-state index in [-0.39, 0.29) is 49.8 Å². The first-order valence-electron chi connectivity index (χ1n) is 13.4. The minimum atomic E-state index is -1.39. The number of hydrogen-bond donors (Lipinski definition) is 3. The third kappa shape index (κ3) is 6.69. The van der Waals surface area contributed by atoms with Gasteiger partial charge in [0.15, 0.2) is 0 Å². The Kier molecular flexibility index (Phi) is 7.74. The summed E-state index contributed by atoms with van der Waals surface area (Å²) in [5.74, 6) is 11.3. The summed E-state index contributed by atoms with van der Waals surface area (Å²) in [5.41, 5.74) is 1.22. The molecule has 0 unspecified atom stereocenters. The number of nitrogens with zero attached hydrogens (tertiary/aromatic N) is 2. The molecule has 39 heavy (non-hydrogen) atoms. The van der Waals surface area contributed by atoms with Crippen molar-refractivity contribution < 1.29 is 28.7 Å². The highest BCUT2D eigenvalue weighted by Crippen LogP contribution is 2.34. The van der Waals surface area contributed by atoms with E-state index in [2.05, 4.69) is 34.3 Å². The molecule has 0 radical (unpaired) electrons. The summed E-state index contributed by atoms with van der Waals surface area (Å²) in [5, 5.41) is 15.0. The van der Waals surface area contributed by atoms with E-state index in [1.165, 1.54) is 0 Å². The zero-order valence-corrected chi connectivity index (χ0v) is 21.5. The van der Waals surface area contributed by atoms with Gasteiger partial charge in [-0.05, 0) is 68.2 Å². The van der Waals surface area contributed by atoms with Crippen molar-refractivity contribution >= 4 is 23.8 Å². The topological polar surface area (TPSA) is 119 Å². The number of carbonyl (C=O) groups excluding carboxylic acids is 3. The SMILES string of the molecule is O=C(NC[C@H]1C[C@@H](NC(=O)[C@@H]2C[C@H](F)CN2C(=O)O)CN1C(=O)C1CC1)c1ccc(C#CC#CC2CC2)cc1. The van der Waals surface area contributed by atoms with Crippen molar-refractivity contribution in [1.29, 1.82) is 0 Å². The maximum Gasteiger partial charge on any atom is 0.408 e. The van der Waals surface area contributed by atoms with E-state index in [0.717, 1.165) is 36.1 Å². The number of carboxylic acid groups (broad SMARTS) is 1. The molecule has 10 heteroatoms. The summed E-state index contributed by atoms with van der Waals surface area (Å²) in [7, 11) is 0. The van der Waals surface area contributed by atoms with Crippen LogP contribution >= 0.6 is 0 Å². The quantitative estimate of drug-likeness (QED) is 0.481. The molecule has 1 aromatic carbocycles. The van der Waals surface area contributed by atoms with Gasteiger partial charge in [0.25, 0.3) is 5.91 Å². The first kappa shape index (κ1) is 26.6. The van der Waals surface area contributed by atoms with Crippen molar-refractivity contribution in [2.24, 2.45) is 11.8 Å². The molecule has 2 saturated carbocycles.